The molecule has 83 valence electrons. The summed E-state index contributed by atoms with van der Waals surface area (Å²) >= 11 is 0. The Hall–Kier alpha value is -0.0900. The van der Waals surface area contributed by atoms with Gasteiger partial charge in [-0.05, 0) is 12.3 Å². The van der Waals surface area contributed by atoms with E-state index in [2.05, 4.69) is 6.42 Å². The molecule has 14 heavy (non-hydrogen) atoms. The van der Waals surface area contributed by atoms with Crippen molar-refractivity contribution in [2.45, 2.75) is 32.1 Å². The topological polar surface area (TPSA) is 37.4 Å². The highest BCUT2D eigenvalue weighted by molar-refractivity contribution is 7.88. The molecule has 0 N–H and O–H groups in total. The summed E-state index contributed by atoms with van der Waals surface area (Å²) in [5.41, 5.74) is 0. The van der Waals surface area contributed by atoms with Gasteiger partial charge in [-0.3, -0.25) is 0 Å². The van der Waals surface area contributed by atoms with Crippen LogP contribution in [0.25, 0.3) is 0 Å². The normalized spacial score (nSPS) is 20.2. The van der Waals surface area contributed by atoms with Gasteiger partial charge in [-0.1, -0.05) is 32.1 Å². The van der Waals surface area contributed by atoms with Crippen LogP contribution in [0, 0.1) is 12.3 Å². The van der Waals surface area contributed by atoms with Crippen LogP contribution >= 0.6 is 0 Å². The van der Waals surface area contributed by atoms with Crippen molar-refractivity contribution in [3.63, 3.8) is 0 Å². The third kappa shape index (κ3) is 3.96. The first-order valence-electron chi connectivity index (χ1n) is 5.25. The fourth-order valence-electron chi connectivity index (χ4n) is 1.80. The van der Waals surface area contributed by atoms with Crippen molar-refractivity contribution in [2.24, 2.45) is 5.92 Å². The van der Waals surface area contributed by atoms with Crippen LogP contribution in [0.3, 0.4) is 0 Å². The van der Waals surface area contributed by atoms with Gasteiger partial charge in [0.05, 0.1) is 6.26 Å². The Morgan fingerprint density at radius 3 is 2.36 bits per heavy atom. The van der Waals surface area contributed by atoms with Gasteiger partial charge in [0.15, 0.2) is 0 Å². The predicted octanol–water partition coefficient (Wildman–Crippen LogP) is 1.66. The predicted molar refractivity (Wildman–Crippen MR) is 58.3 cm³/mol. The Kier molecular flexibility index (Phi) is 4.38. The van der Waals surface area contributed by atoms with Crippen molar-refractivity contribution in [3.8, 4) is 0 Å². The minimum Gasteiger partial charge on any atom is -0.213 e. The summed E-state index contributed by atoms with van der Waals surface area (Å²) < 4.78 is 23.6. The van der Waals surface area contributed by atoms with Gasteiger partial charge in [-0.2, -0.15) is 0 Å². The number of hydrogen-bond donors (Lipinski definition) is 0. The van der Waals surface area contributed by atoms with Gasteiger partial charge in [-0.25, -0.2) is 12.7 Å². The zero-order valence-electron chi connectivity index (χ0n) is 9.07. The van der Waals surface area contributed by atoms with E-state index in [0.717, 1.165) is 0 Å². The monoisotopic (exact) mass is 218 g/mol. The maximum absolute atomic E-state index is 11.1. The maximum Gasteiger partial charge on any atom is 0.210 e. The minimum absolute atomic E-state index is 0.559. The SMILES string of the molecule is CN(C[CH]C1CCCCC1)S(C)(=O)=O. The van der Waals surface area contributed by atoms with Crippen molar-refractivity contribution >= 4 is 10.0 Å². The molecule has 0 aromatic carbocycles. The molecule has 0 atom stereocenters. The zero-order chi connectivity index (χ0) is 10.6. The smallest absolute Gasteiger partial charge is 0.210 e. The molecule has 1 aliphatic carbocycles. The number of hydrogen-bond acceptors (Lipinski definition) is 2. The quantitative estimate of drug-likeness (QED) is 0.719. The van der Waals surface area contributed by atoms with Crippen molar-refractivity contribution in [1.29, 1.82) is 0 Å². The first-order valence-corrected chi connectivity index (χ1v) is 7.09. The molecular formula is C10H20NO2S. The Morgan fingerprint density at radius 1 is 1.29 bits per heavy atom. The van der Waals surface area contributed by atoms with E-state index in [0.29, 0.717) is 12.5 Å². The van der Waals surface area contributed by atoms with Crippen LogP contribution in [0.15, 0.2) is 0 Å². The molecule has 1 saturated carbocycles. The van der Waals surface area contributed by atoms with Crippen molar-refractivity contribution < 1.29 is 8.42 Å². The van der Waals surface area contributed by atoms with Gasteiger partial charge in [-0.15, -0.1) is 0 Å². The van der Waals surface area contributed by atoms with Crippen molar-refractivity contribution in [1.82, 2.24) is 4.31 Å². The second-order valence-electron chi connectivity index (χ2n) is 4.18. The first kappa shape index (κ1) is 12.0. The highest BCUT2D eigenvalue weighted by Crippen LogP contribution is 2.25. The summed E-state index contributed by atoms with van der Waals surface area (Å²) in [6.45, 7) is 0.559. The molecule has 0 aromatic rings. The lowest BCUT2D eigenvalue weighted by molar-refractivity contribution is 0.376. The molecule has 0 spiro atoms. The highest BCUT2D eigenvalue weighted by atomic mass is 32.2. The number of nitrogens with zero attached hydrogens (tertiary/aromatic N) is 1. The molecule has 4 heteroatoms. The number of sulfonamides is 1. The lowest BCUT2D eigenvalue weighted by atomic mass is 9.87. The van der Waals surface area contributed by atoms with E-state index in [9.17, 15) is 8.42 Å². The minimum atomic E-state index is -3.00. The van der Waals surface area contributed by atoms with E-state index in [-0.39, 0.29) is 0 Å². The Balaban J connectivity index is 2.25. The molecule has 0 amide bonds. The lowest BCUT2D eigenvalue weighted by Gasteiger charge is -2.23. The molecule has 1 radical (unpaired) electrons. The van der Waals surface area contributed by atoms with E-state index >= 15 is 0 Å². The summed E-state index contributed by atoms with van der Waals surface area (Å²) in [5.74, 6) is 0.632. The van der Waals surface area contributed by atoms with Gasteiger partial charge < -0.3 is 0 Å². The third-order valence-electron chi connectivity index (χ3n) is 2.91. The van der Waals surface area contributed by atoms with Gasteiger partial charge in [0.1, 0.15) is 0 Å². The molecule has 0 saturated heterocycles. The van der Waals surface area contributed by atoms with Gasteiger partial charge in [0.2, 0.25) is 10.0 Å². The molecule has 0 heterocycles. The van der Waals surface area contributed by atoms with Gasteiger partial charge in [0.25, 0.3) is 0 Å². The Morgan fingerprint density at radius 2 is 1.86 bits per heavy atom. The van der Waals surface area contributed by atoms with Gasteiger partial charge in [0, 0.05) is 13.6 Å². The molecular weight excluding hydrogens is 198 g/mol. The Bertz CT molecular complexity index is 255. The van der Waals surface area contributed by atoms with E-state index < -0.39 is 10.0 Å². The van der Waals surface area contributed by atoms with Gasteiger partial charge >= 0.3 is 0 Å². The summed E-state index contributed by atoms with van der Waals surface area (Å²) in [6, 6.07) is 0. The van der Waals surface area contributed by atoms with Crippen LogP contribution in [0.5, 0.6) is 0 Å². The Labute approximate surface area is 87.5 Å². The van der Waals surface area contributed by atoms with E-state index in [1.165, 1.54) is 42.7 Å². The average molecular weight is 218 g/mol. The van der Waals surface area contributed by atoms with E-state index in [4.69, 9.17) is 0 Å². The summed E-state index contributed by atoms with van der Waals surface area (Å²) in [7, 11) is -1.37. The summed E-state index contributed by atoms with van der Waals surface area (Å²) in [4.78, 5) is 0. The van der Waals surface area contributed by atoms with E-state index in [1.54, 1.807) is 7.05 Å². The third-order valence-corrected chi connectivity index (χ3v) is 4.19. The second kappa shape index (κ2) is 5.12. The summed E-state index contributed by atoms with van der Waals surface area (Å²) in [6.07, 6.45) is 9.80. The number of rotatable bonds is 4. The maximum atomic E-state index is 11.1. The lowest BCUT2D eigenvalue weighted by Crippen LogP contribution is -2.28. The standard InChI is InChI=1S/C10H20NO2S/c1-11(14(2,12)13)9-8-10-6-4-3-5-7-10/h8,10H,3-7,9H2,1-2H3. The molecule has 0 unspecified atom stereocenters. The van der Waals surface area contributed by atoms with Crippen LogP contribution < -0.4 is 0 Å². The van der Waals surface area contributed by atoms with Crippen LogP contribution in [-0.4, -0.2) is 32.6 Å². The van der Waals surface area contributed by atoms with Crippen molar-refractivity contribution in [3.05, 3.63) is 6.42 Å². The van der Waals surface area contributed by atoms with Crippen LogP contribution in [0.4, 0.5) is 0 Å². The molecule has 3 nitrogen and oxygen atoms in total. The van der Waals surface area contributed by atoms with Crippen molar-refractivity contribution in [2.75, 3.05) is 19.8 Å². The molecule has 0 aliphatic heterocycles. The molecule has 1 rings (SSSR count). The first-order chi connectivity index (χ1) is 6.50. The van der Waals surface area contributed by atoms with Crippen LogP contribution in [0.1, 0.15) is 32.1 Å². The van der Waals surface area contributed by atoms with Crippen LogP contribution in [-0.2, 0) is 10.0 Å². The molecule has 1 aliphatic rings. The van der Waals surface area contributed by atoms with Crippen LogP contribution in [0.2, 0.25) is 0 Å². The molecule has 1 fully saturated rings. The fraction of sp³-hybridized carbons (Fsp3) is 0.900. The molecule has 0 aromatic heterocycles. The summed E-state index contributed by atoms with van der Waals surface area (Å²) in [5, 5.41) is 0. The largest absolute Gasteiger partial charge is 0.213 e. The molecule has 0 bridgehead atoms. The average Bonchev–Trinajstić information content (AvgIpc) is 2.14. The zero-order valence-corrected chi connectivity index (χ0v) is 9.89. The van der Waals surface area contributed by atoms with E-state index in [1.807, 2.05) is 0 Å². The fourth-order valence-corrected chi connectivity index (χ4v) is 2.16. The highest BCUT2D eigenvalue weighted by Gasteiger charge is 2.16. The second-order valence-corrected chi connectivity index (χ2v) is 6.27.